The summed E-state index contributed by atoms with van der Waals surface area (Å²) in [5.74, 6) is 0.320. The molecule has 0 aromatic carbocycles. The fourth-order valence-corrected chi connectivity index (χ4v) is 2.22. The van der Waals surface area contributed by atoms with Crippen LogP contribution in [-0.4, -0.2) is 28.1 Å². The van der Waals surface area contributed by atoms with Gasteiger partial charge in [-0.2, -0.15) is 8.42 Å². The molecule has 0 aromatic heterocycles. The number of nitrogens with one attached hydrogen (secondary N) is 2. The standard InChI is InChI=1S/C10H25N3O2S/c1-10(2)9-13-16(14,15)12-8-6-4-3-5-7-11/h10,12-13H,3-9,11H2,1-2H3. The van der Waals surface area contributed by atoms with Gasteiger partial charge >= 0.3 is 0 Å². The van der Waals surface area contributed by atoms with E-state index in [4.69, 9.17) is 5.73 Å². The van der Waals surface area contributed by atoms with Crippen LogP contribution in [0.2, 0.25) is 0 Å². The van der Waals surface area contributed by atoms with Gasteiger partial charge in [-0.1, -0.05) is 26.7 Å². The van der Waals surface area contributed by atoms with Gasteiger partial charge in [-0.15, -0.1) is 0 Å². The molecular weight excluding hydrogens is 226 g/mol. The van der Waals surface area contributed by atoms with E-state index in [1.165, 1.54) is 0 Å². The number of hydrogen-bond acceptors (Lipinski definition) is 3. The summed E-state index contributed by atoms with van der Waals surface area (Å²) < 4.78 is 27.8. The van der Waals surface area contributed by atoms with Crippen molar-refractivity contribution in [3.63, 3.8) is 0 Å². The van der Waals surface area contributed by atoms with E-state index in [9.17, 15) is 8.42 Å². The van der Waals surface area contributed by atoms with Crippen molar-refractivity contribution < 1.29 is 8.42 Å². The summed E-state index contributed by atoms with van der Waals surface area (Å²) in [4.78, 5) is 0. The molecule has 0 aliphatic heterocycles. The van der Waals surface area contributed by atoms with E-state index in [-0.39, 0.29) is 0 Å². The first-order valence-corrected chi connectivity index (χ1v) is 7.40. The van der Waals surface area contributed by atoms with Crippen molar-refractivity contribution in [1.29, 1.82) is 0 Å². The van der Waals surface area contributed by atoms with Gasteiger partial charge in [-0.05, 0) is 25.3 Å². The van der Waals surface area contributed by atoms with Crippen LogP contribution in [0.1, 0.15) is 39.5 Å². The highest BCUT2D eigenvalue weighted by Crippen LogP contribution is 1.97. The van der Waals surface area contributed by atoms with E-state index in [1.54, 1.807) is 0 Å². The molecule has 0 atom stereocenters. The lowest BCUT2D eigenvalue weighted by Crippen LogP contribution is -2.38. The second-order valence-electron chi connectivity index (χ2n) is 4.34. The van der Waals surface area contributed by atoms with Crippen molar-refractivity contribution in [3.05, 3.63) is 0 Å². The van der Waals surface area contributed by atoms with Gasteiger partial charge in [-0.3, -0.25) is 0 Å². The monoisotopic (exact) mass is 251 g/mol. The van der Waals surface area contributed by atoms with Gasteiger partial charge in [0.15, 0.2) is 0 Å². The predicted octanol–water partition coefficient (Wildman–Crippen LogP) is 0.586. The molecule has 0 unspecified atom stereocenters. The SMILES string of the molecule is CC(C)CNS(=O)(=O)NCCCCCCN. The summed E-state index contributed by atoms with van der Waals surface area (Å²) in [5, 5.41) is 0. The molecule has 4 N–H and O–H groups in total. The lowest BCUT2D eigenvalue weighted by Gasteiger charge is -2.09. The second kappa shape index (κ2) is 8.92. The van der Waals surface area contributed by atoms with Crippen LogP contribution in [-0.2, 0) is 10.2 Å². The Balaban J connectivity index is 3.51. The molecule has 6 heteroatoms. The molecule has 0 saturated heterocycles. The fourth-order valence-electron chi connectivity index (χ4n) is 1.16. The van der Waals surface area contributed by atoms with Crippen LogP contribution in [0, 0.1) is 5.92 Å². The van der Waals surface area contributed by atoms with E-state index in [2.05, 4.69) is 9.44 Å². The van der Waals surface area contributed by atoms with Crippen molar-refractivity contribution in [1.82, 2.24) is 9.44 Å². The van der Waals surface area contributed by atoms with Crippen LogP contribution in [0.5, 0.6) is 0 Å². The van der Waals surface area contributed by atoms with Crippen LogP contribution in [0.3, 0.4) is 0 Å². The zero-order valence-corrected chi connectivity index (χ0v) is 11.1. The molecule has 0 aromatic rings. The quantitative estimate of drug-likeness (QED) is 0.497. The van der Waals surface area contributed by atoms with Crippen molar-refractivity contribution in [2.24, 2.45) is 11.7 Å². The average Bonchev–Trinajstić information content (AvgIpc) is 2.21. The normalized spacial score (nSPS) is 12.2. The molecule has 0 radical (unpaired) electrons. The molecule has 0 heterocycles. The number of nitrogens with two attached hydrogens (primary N) is 1. The molecule has 0 saturated carbocycles. The Bertz CT molecular complexity index is 253. The fraction of sp³-hybridized carbons (Fsp3) is 1.00. The molecule has 0 amide bonds. The molecule has 0 bridgehead atoms. The highest BCUT2D eigenvalue weighted by molar-refractivity contribution is 7.87. The molecule has 0 aliphatic carbocycles. The molecule has 0 rings (SSSR count). The summed E-state index contributed by atoms with van der Waals surface area (Å²) in [5.41, 5.74) is 5.36. The van der Waals surface area contributed by atoms with Crippen LogP contribution in [0.15, 0.2) is 0 Å². The van der Waals surface area contributed by atoms with E-state index in [0.717, 1.165) is 25.7 Å². The van der Waals surface area contributed by atoms with Gasteiger partial charge in [0.1, 0.15) is 0 Å². The van der Waals surface area contributed by atoms with Crippen LogP contribution in [0.4, 0.5) is 0 Å². The largest absolute Gasteiger partial charge is 0.330 e. The second-order valence-corrected chi connectivity index (χ2v) is 5.93. The van der Waals surface area contributed by atoms with E-state index < -0.39 is 10.2 Å². The Morgan fingerprint density at radius 3 is 2.25 bits per heavy atom. The Kier molecular flexibility index (Phi) is 8.83. The molecule has 0 aliphatic rings. The third-order valence-corrected chi connectivity index (χ3v) is 3.24. The highest BCUT2D eigenvalue weighted by atomic mass is 32.2. The third kappa shape index (κ3) is 10.4. The van der Waals surface area contributed by atoms with Crippen molar-refractivity contribution in [2.75, 3.05) is 19.6 Å². The van der Waals surface area contributed by atoms with E-state index in [1.807, 2.05) is 13.8 Å². The van der Waals surface area contributed by atoms with Crippen LogP contribution in [0.25, 0.3) is 0 Å². The first kappa shape index (κ1) is 15.8. The molecule has 5 nitrogen and oxygen atoms in total. The first-order valence-electron chi connectivity index (χ1n) is 5.92. The van der Waals surface area contributed by atoms with Crippen molar-refractivity contribution in [3.8, 4) is 0 Å². The molecule has 0 spiro atoms. The van der Waals surface area contributed by atoms with Gasteiger partial charge in [0.2, 0.25) is 0 Å². The summed E-state index contributed by atoms with van der Waals surface area (Å²) in [6.07, 6.45) is 3.96. The first-order chi connectivity index (χ1) is 7.48. The van der Waals surface area contributed by atoms with Crippen LogP contribution >= 0.6 is 0 Å². The molecule has 16 heavy (non-hydrogen) atoms. The van der Waals surface area contributed by atoms with Gasteiger partial charge in [0, 0.05) is 13.1 Å². The molecule has 0 fully saturated rings. The summed E-state index contributed by atoms with van der Waals surface area (Å²) in [6, 6.07) is 0. The summed E-state index contributed by atoms with van der Waals surface area (Å²) in [7, 11) is -3.29. The predicted molar refractivity (Wildman–Crippen MR) is 67.3 cm³/mol. The Morgan fingerprint density at radius 2 is 1.69 bits per heavy atom. The molecule has 98 valence electrons. The average molecular weight is 251 g/mol. The number of hydrogen-bond donors (Lipinski definition) is 3. The lowest BCUT2D eigenvalue weighted by molar-refractivity contribution is 0.542. The minimum atomic E-state index is -3.29. The Hall–Kier alpha value is -0.170. The summed E-state index contributed by atoms with van der Waals surface area (Å²) >= 11 is 0. The lowest BCUT2D eigenvalue weighted by atomic mass is 10.2. The van der Waals surface area contributed by atoms with Crippen molar-refractivity contribution >= 4 is 10.2 Å². The van der Waals surface area contributed by atoms with Gasteiger partial charge in [0.05, 0.1) is 0 Å². The van der Waals surface area contributed by atoms with E-state index in [0.29, 0.717) is 25.6 Å². The maximum atomic E-state index is 11.4. The van der Waals surface area contributed by atoms with E-state index >= 15 is 0 Å². The third-order valence-electron chi connectivity index (χ3n) is 2.10. The van der Waals surface area contributed by atoms with Crippen LogP contribution < -0.4 is 15.2 Å². The zero-order chi connectivity index (χ0) is 12.4. The minimum Gasteiger partial charge on any atom is -0.330 e. The summed E-state index contributed by atoms with van der Waals surface area (Å²) in [6.45, 7) is 5.62. The van der Waals surface area contributed by atoms with Gasteiger partial charge in [-0.25, -0.2) is 9.44 Å². The maximum Gasteiger partial charge on any atom is 0.276 e. The van der Waals surface area contributed by atoms with Gasteiger partial charge < -0.3 is 5.73 Å². The zero-order valence-electron chi connectivity index (χ0n) is 10.3. The molecular formula is C10H25N3O2S. The Morgan fingerprint density at radius 1 is 1.06 bits per heavy atom. The highest BCUT2D eigenvalue weighted by Gasteiger charge is 2.08. The number of unbranched alkanes of at least 4 members (excludes halogenated alkanes) is 3. The Labute approximate surface area is 99.4 Å². The topological polar surface area (TPSA) is 84.2 Å². The smallest absolute Gasteiger partial charge is 0.276 e. The minimum absolute atomic E-state index is 0.320. The van der Waals surface area contributed by atoms with Crippen molar-refractivity contribution in [2.45, 2.75) is 39.5 Å². The maximum absolute atomic E-state index is 11.4. The number of rotatable bonds is 10. The van der Waals surface area contributed by atoms with Gasteiger partial charge in [0.25, 0.3) is 10.2 Å².